The summed E-state index contributed by atoms with van der Waals surface area (Å²) in [5, 5.41) is 41.1. The van der Waals surface area contributed by atoms with Gasteiger partial charge in [0.25, 0.3) is 0 Å². The third kappa shape index (κ3) is 17.8. The lowest BCUT2D eigenvalue weighted by molar-refractivity contribution is 0.0721. The van der Waals surface area contributed by atoms with E-state index in [0.717, 1.165) is 19.3 Å². The van der Waals surface area contributed by atoms with Crippen molar-refractivity contribution in [1.29, 1.82) is 0 Å². The normalized spacial score (nSPS) is 11.8. The van der Waals surface area contributed by atoms with Crippen LogP contribution in [0.3, 0.4) is 0 Å². The Kier molecular flexibility index (Phi) is 17.7. The van der Waals surface area contributed by atoms with Crippen LogP contribution in [0.25, 0.3) is 0 Å². The fourth-order valence-electron chi connectivity index (χ4n) is 0.641. The molecule has 0 aliphatic carbocycles. The van der Waals surface area contributed by atoms with E-state index in [0.29, 0.717) is 0 Å². The Bertz CT molecular complexity index is 85.3. The lowest BCUT2D eigenvalue weighted by atomic mass is 10.2. The second kappa shape index (κ2) is 15.3. The van der Waals surface area contributed by atoms with E-state index < -0.39 is 6.10 Å². The second-order valence-electron chi connectivity index (χ2n) is 2.86. The summed E-state index contributed by atoms with van der Waals surface area (Å²) in [6.07, 6.45) is 2.09. The minimum absolute atomic E-state index is 0.0677. The van der Waals surface area contributed by atoms with Crippen molar-refractivity contribution in [2.45, 2.75) is 31.8 Å². The molecule has 0 aromatic heterocycles. The molecule has 5 heteroatoms. The van der Waals surface area contributed by atoms with Gasteiger partial charge in [-0.3, -0.25) is 0 Å². The summed E-state index contributed by atoms with van der Waals surface area (Å²) in [6, 6.07) is 0. The number of aliphatic hydroxyl groups excluding tert-OH is 5. The summed E-state index contributed by atoms with van der Waals surface area (Å²) in [7, 11) is 0. The molecule has 1 unspecified atom stereocenters. The first kappa shape index (κ1) is 16.2. The molecule has 0 rings (SSSR count). The predicted molar refractivity (Wildman–Crippen MR) is 52.8 cm³/mol. The molecule has 0 saturated carbocycles. The molecule has 14 heavy (non-hydrogen) atoms. The molecular formula is C9H22O5. The van der Waals surface area contributed by atoms with Crippen molar-refractivity contribution in [3.05, 3.63) is 0 Å². The van der Waals surface area contributed by atoms with E-state index in [2.05, 4.69) is 0 Å². The van der Waals surface area contributed by atoms with Crippen molar-refractivity contribution < 1.29 is 25.5 Å². The van der Waals surface area contributed by atoms with Gasteiger partial charge in [-0.1, -0.05) is 0 Å². The van der Waals surface area contributed by atoms with Crippen molar-refractivity contribution in [2.24, 2.45) is 0 Å². The third-order valence-corrected chi connectivity index (χ3v) is 1.49. The minimum Gasteiger partial charge on any atom is -0.396 e. The number of hydrogen-bond acceptors (Lipinski definition) is 5. The summed E-state index contributed by atoms with van der Waals surface area (Å²) >= 11 is 0. The van der Waals surface area contributed by atoms with E-state index in [1.165, 1.54) is 0 Å². The average molecular weight is 210 g/mol. The SMILES string of the molecule is OCCC(O)CO.OCCCCCO. The molecule has 0 saturated heterocycles. The highest BCUT2D eigenvalue weighted by Crippen LogP contribution is 1.90. The Balaban J connectivity index is 0. The molecule has 0 aliphatic rings. The Morgan fingerprint density at radius 3 is 1.43 bits per heavy atom. The van der Waals surface area contributed by atoms with Gasteiger partial charge < -0.3 is 25.5 Å². The van der Waals surface area contributed by atoms with Gasteiger partial charge in [-0.2, -0.15) is 0 Å². The maximum absolute atomic E-state index is 8.45. The monoisotopic (exact) mass is 210 g/mol. The molecule has 0 heterocycles. The van der Waals surface area contributed by atoms with Crippen LogP contribution in [0, 0.1) is 0 Å². The predicted octanol–water partition coefficient (Wildman–Crippen LogP) is -1.14. The van der Waals surface area contributed by atoms with Crippen LogP contribution in [0.2, 0.25) is 0 Å². The quantitative estimate of drug-likeness (QED) is 0.342. The van der Waals surface area contributed by atoms with E-state index >= 15 is 0 Å². The Morgan fingerprint density at radius 2 is 1.21 bits per heavy atom. The van der Waals surface area contributed by atoms with Gasteiger partial charge in [0.1, 0.15) is 0 Å². The molecule has 0 amide bonds. The van der Waals surface area contributed by atoms with Crippen molar-refractivity contribution in [2.75, 3.05) is 26.4 Å². The van der Waals surface area contributed by atoms with Gasteiger partial charge in [-0.05, 0) is 25.7 Å². The molecule has 5 N–H and O–H groups in total. The highest BCUT2D eigenvalue weighted by molar-refractivity contribution is 4.48. The molecule has 0 bridgehead atoms. The first-order chi connectivity index (χ1) is 6.72. The lowest BCUT2D eigenvalue weighted by Crippen LogP contribution is -2.12. The van der Waals surface area contributed by atoms with Crippen molar-refractivity contribution in [1.82, 2.24) is 0 Å². The highest BCUT2D eigenvalue weighted by atomic mass is 16.3. The van der Waals surface area contributed by atoms with Crippen LogP contribution in [-0.2, 0) is 0 Å². The smallest absolute Gasteiger partial charge is 0.0792 e. The number of aliphatic hydroxyl groups is 5. The molecule has 0 spiro atoms. The van der Waals surface area contributed by atoms with Crippen LogP contribution in [-0.4, -0.2) is 58.1 Å². The molecule has 0 radical (unpaired) electrons. The first-order valence-electron chi connectivity index (χ1n) is 4.84. The fraction of sp³-hybridized carbons (Fsp3) is 1.00. The van der Waals surface area contributed by atoms with Gasteiger partial charge in [-0.25, -0.2) is 0 Å². The Morgan fingerprint density at radius 1 is 0.714 bits per heavy atom. The molecule has 1 atom stereocenters. The highest BCUT2D eigenvalue weighted by Gasteiger charge is 1.96. The topological polar surface area (TPSA) is 101 Å². The van der Waals surface area contributed by atoms with Crippen LogP contribution in [0.4, 0.5) is 0 Å². The fourth-order valence-corrected chi connectivity index (χ4v) is 0.641. The van der Waals surface area contributed by atoms with Crippen LogP contribution in [0.1, 0.15) is 25.7 Å². The summed E-state index contributed by atoms with van der Waals surface area (Å²) in [5.41, 5.74) is 0. The van der Waals surface area contributed by atoms with E-state index in [1.54, 1.807) is 0 Å². The van der Waals surface area contributed by atoms with Crippen molar-refractivity contribution in [3.8, 4) is 0 Å². The largest absolute Gasteiger partial charge is 0.396 e. The average Bonchev–Trinajstić information content (AvgIpc) is 2.20. The van der Waals surface area contributed by atoms with Gasteiger partial charge in [0.15, 0.2) is 0 Å². The van der Waals surface area contributed by atoms with Gasteiger partial charge in [0.2, 0.25) is 0 Å². The van der Waals surface area contributed by atoms with Crippen molar-refractivity contribution in [3.63, 3.8) is 0 Å². The molecule has 0 fully saturated rings. The second-order valence-corrected chi connectivity index (χ2v) is 2.86. The van der Waals surface area contributed by atoms with Gasteiger partial charge in [-0.15, -0.1) is 0 Å². The summed E-state index contributed by atoms with van der Waals surface area (Å²) < 4.78 is 0. The number of unbranched alkanes of at least 4 members (excludes halogenated alkanes) is 2. The van der Waals surface area contributed by atoms with Crippen LogP contribution in [0.15, 0.2) is 0 Å². The van der Waals surface area contributed by atoms with Gasteiger partial charge in [0.05, 0.1) is 12.7 Å². The van der Waals surface area contributed by atoms with E-state index in [1.807, 2.05) is 0 Å². The standard InChI is InChI=1S/C5H12O2.C4H10O3/c6-4-2-1-3-5-7;5-2-1-4(7)3-6/h6-7H,1-5H2;4-7H,1-3H2. The minimum atomic E-state index is -0.745. The molecule has 5 nitrogen and oxygen atoms in total. The van der Waals surface area contributed by atoms with Crippen LogP contribution >= 0.6 is 0 Å². The molecule has 0 aromatic carbocycles. The number of hydrogen-bond donors (Lipinski definition) is 5. The van der Waals surface area contributed by atoms with Crippen LogP contribution in [0.5, 0.6) is 0 Å². The Hall–Kier alpha value is -0.200. The maximum atomic E-state index is 8.45. The first-order valence-corrected chi connectivity index (χ1v) is 4.84. The summed E-state index contributed by atoms with van der Waals surface area (Å²) in [6.45, 7) is 0.169. The molecule has 0 aromatic rings. The zero-order chi connectivity index (χ0) is 11.2. The molecule has 88 valence electrons. The molecule has 0 aliphatic heterocycles. The van der Waals surface area contributed by atoms with E-state index in [-0.39, 0.29) is 32.8 Å². The summed E-state index contributed by atoms with van der Waals surface area (Å²) in [5.74, 6) is 0. The van der Waals surface area contributed by atoms with E-state index in [4.69, 9.17) is 25.5 Å². The van der Waals surface area contributed by atoms with Crippen molar-refractivity contribution >= 4 is 0 Å². The van der Waals surface area contributed by atoms with Gasteiger partial charge in [0, 0.05) is 19.8 Å². The zero-order valence-corrected chi connectivity index (χ0v) is 8.47. The lowest BCUT2D eigenvalue weighted by Gasteiger charge is -2.00. The number of rotatable bonds is 7. The Labute approximate surface area is 84.6 Å². The van der Waals surface area contributed by atoms with E-state index in [9.17, 15) is 0 Å². The summed E-state index contributed by atoms with van der Waals surface area (Å²) in [4.78, 5) is 0. The van der Waals surface area contributed by atoms with Crippen LogP contribution < -0.4 is 0 Å². The van der Waals surface area contributed by atoms with Gasteiger partial charge >= 0.3 is 0 Å². The zero-order valence-electron chi connectivity index (χ0n) is 8.47. The third-order valence-electron chi connectivity index (χ3n) is 1.49. The molecular weight excluding hydrogens is 188 g/mol. The maximum Gasteiger partial charge on any atom is 0.0792 e.